The van der Waals surface area contributed by atoms with Crippen molar-refractivity contribution in [2.45, 2.75) is 32.7 Å². The minimum atomic E-state index is 0.177. The lowest BCUT2D eigenvalue weighted by molar-refractivity contribution is 0.331. The summed E-state index contributed by atoms with van der Waals surface area (Å²) in [7, 11) is 0. The summed E-state index contributed by atoms with van der Waals surface area (Å²) in [6, 6.07) is 15.2. The number of hydrogen-bond donors (Lipinski definition) is 2. The van der Waals surface area contributed by atoms with Gasteiger partial charge in [0, 0.05) is 26.2 Å². The van der Waals surface area contributed by atoms with Gasteiger partial charge in [0.1, 0.15) is 12.4 Å². The number of benzene rings is 2. The van der Waals surface area contributed by atoms with Crippen LogP contribution in [-0.2, 0) is 12.0 Å². The van der Waals surface area contributed by atoms with Crippen LogP contribution in [0.25, 0.3) is 12.2 Å². The highest BCUT2D eigenvalue weighted by Crippen LogP contribution is 2.23. The molecule has 29 heavy (non-hydrogen) atoms. The van der Waals surface area contributed by atoms with Gasteiger partial charge in [-0.2, -0.15) is 0 Å². The second-order valence-electron chi connectivity index (χ2n) is 8.87. The summed E-state index contributed by atoms with van der Waals surface area (Å²) in [5.74, 6) is 1.64. The van der Waals surface area contributed by atoms with Gasteiger partial charge in [0.15, 0.2) is 0 Å². The van der Waals surface area contributed by atoms with E-state index in [2.05, 4.69) is 92.6 Å². The van der Waals surface area contributed by atoms with Crippen molar-refractivity contribution in [1.82, 2.24) is 10.6 Å². The van der Waals surface area contributed by atoms with Crippen LogP contribution >= 0.6 is 0 Å². The van der Waals surface area contributed by atoms with Gasteiger partial charge in [0.05, 0.1) is 0 Å². The first-order chi connectivity index (χ1) is 13.9. The van der Waals surface area contributed by atoms with Crippen molar-refractivity contribution in [3.8, 4) is 5.75 Å². The molecule has 0 amide bonds. The summed E-state index contributed by atoms with van der Waals surface area (Å²) in [4.78, 5) is 0. The van der Waals surface area contributed by atoms with E-state index in [0.717, 1.165) is 43.4 Å². The van der Waals surface area contributed by atoms with Gasteiger partial charge in [-0.15, -0.1) is 0 Å². The average molecular weight is 391 g/mol. The molecule has 1 aliphatic heterocycles. The van der Waals surface area contributed by atoms with E-state index in [9.17, 15) is 0 Å². The molecule has 1 saturated heterocycles. The minimum absolute atomic E-state index is 0.177. The van der Waals surface area contributed by atoms with Crippen LogP contribution in [0.3, 0.4) is 0 Å². The second-order valence-corrected chi connectivity index (χ2v) is 8.87. The SMILES string of the molecule is C=CCOc1cc(/C=C/c2ccc(C(C)(C)C)cc2)cc(CNCC2CNC2)c1. The number of hydrogen-bond acceptors (Lipinski definition) is 3. The number of nitrogens with one attached hydrogen (secondary N) is 2. The van der Waals surface area contributed by atoms with Crippen molar-refractivity contribution < 1.29 is 4.74 Å². The van der Waals surface area contributed by atoms with Crippen LogP contribution < -0.4 is 15.4 Å². The van der Waals surface area contributed by atoms with Gasteiger partial charge in [-0.1, -0.05) is 75.9 Å². The molecule has 3 heteroatoms. The summed E-state index contributed by atoms with van der Waals surface area (Å²) in [5, 5.41) is 6.89. The van der Waals surface area contributed by atoms with E-state index in [4.69, 9.17) is 4.74 Å². The van der Waals surface area contributed by atoms with E-state index in [1.165, 1.54) is 16.7 Å². The minimum Gasteiger partial charge on any atom is -0.490 e. The molecule has 1 heterocycles. The number of ether oxygens (including phenoxy) is 1. The Morgan fingerprint density at radius 1 is 1.07 bits per heavy atom. The Labute approximate surface area is 175 Å². The maximum Gasteiger partial charge on any atom is 0.120 e. The van der Waals surface area contributed by atoms with E-state index in [0.29, 0.717) is 6.61 Å². The molecule has 1 fully saturated rings. The molecule has 0 unspecified atom stereocenters. The first kappa shape index (κ1) is 21.4. The van der Waals surface area contributed by atoms with Crippen LogP contribution in [0.4, 0.5) is 0 Å². The zero-order valence-corrected chi connectivity index (χ0v) is 18.0. The molecule has 0 spiro atoms. The maximum absolute atomic E-state index is 5.81. The lowest BCUT2D eigenvalue weighted by Gasteiger charge is -2.27. The van der Waals surface area contributed by atoms with Crippen molar-refractivity contribution in [2.75, 3.05) is 26.2 Å². The molecule has 0 atom stereocenters. The van der Waals surface area contributed by atoms with Crippen LogP contribution in [0.1, 0.15) is 43.0 Å². The van der Waals surface area contributed by atoms with Crippen LogP contribution in [0.15, 0.2) is 55.1 Å². The summed E-state index contributed by atoms with van der Waals surface area (Å²) in [5.41, 5.74) is 5.11. The molecule has 2 aromatic carbocycles. The second kappa shape index (κ2) is 9.91. The zero-order valence-electron chi connectivity index (χ0n) is 18.0. The molecule has 3 rings (SSSR count). The summed E-state index contributed by atoms with van der Waals surface area (Å²) in [6.07, 6.45) is 6.10. The predicted molar refractivity (Wildman–Crippen MR) is 124 cm³/mol. The van der Waals surface area contributed by atoms with E-state index >= 15 is 0 Å². The Bertz CT molecular complexity index is 827. The van der Waals surface area contributed by atoms with Gasteiger partial charge in [0.25, 0.3) is 0 Å². The predicted octanol–water partition coefficient (Wildman–Crippen LogP) is 5.03. The van der Waals surface area contributed by atoms with E-state index < -0.39 is 0 Å². The number of rotatable bonds is 9. The van der Waals surface area contributed by atoms with Gasteiger partial charge in [0.2, 0.25) is 0 Å². The molecule has 2 N–H and O–H groups in total. The highest BCUT2D eigenvalue weighted by atomic mass is 16.5. The fourth-order valence-electron chi connectivity index (χ4n) is 3.32. The lowest BCUT2D eigenvalue weighted by Crippen LogP contribution is -2.47. The van der Waals surface area contributed by atoms with Gasteiger partial charge in [-0.25, -0.2) is 0 Å². The monoisotopic (exact) mass is 390 g/mol. The van der Waals surface area contributed by atoms with Gasteiger partial charge in [-0.05, 0) is 45.7 Å². The standard InChI is InChI=1S/C26H34N2O/c1-5-12-29-25-14-21(13-22(15-25)16-27-17-23-18-28-19-23)7-6-20-8-10-24(11-9-20)26(2,3)4/h5-11,13-15,23,27-28H,1,12,16-19H2,2-4H3/b7-6+. The first-order valence-electron chi connectivity index (χ1n) is 10.5. The molecular formula is C26H34N2O. The van der Waals surface area contributed by atoms with Gasteiger partial charge < -0.3 is 15.4 Å². The van der Waals surface area contributed by atoms with E-state index in [1.54, 1.807) is 6.08 Å². The van der Waals surface area contributed by atoms with Crippen molar-refractivity contribution in [3.05, 3.63) is 77.4 Å². The van der Waals surface area contributed by atoms with Crippen LogP contribution in [0.2, 0.25) is 0 Å². The summed E-state index contributed by atoms with van der Waals surface area (Å²) in [6.45, 7) is 15.1. The van der Waals surface area contributed by atoms with Crippen molar-refractivity contribution in [1.29, 1.82) is 0 Å². The maximum atomic E-state index is 5.81. The topological polar surface area (TPSA) is 33.3 Å². The summed E-state index contributed by atoms with van der Waals surface area (Å²) >= 11 is 0. The van der Waals surface area contributed by atoms with Gasteiger partial charge >= 0.3 is 0 Å². The van der Waals surface area contributed by atoms with Crippen LogP contribution in [0, 0.1) is 5.92 Å². The quantitative estimate of drug-likeness (QED) is 0.465. The molecular weight excluding hydrogens is 356 g/mol. The smallest absolute Gasteiger partial charge is 0.120 e. The van der Waals surface area contributed by atoms with Crippen molar-refractivity contribution in [2.24, 2.45) is 5.92 Å². The van der Waals surface area contributed by atoms with Crippen molar-refractivity contribution in [3.63, 3.8) is 0 Å². The Morgan fingerprint density at radius 3 is 2.41 bits per heavy atom. The Kier molecular flexibility index (Phi) is 7.29. The van der Waals surface area contributed by atoms with Crippen LogP contribution in [-0.4, -0.2) is 26.2 Å². The van der Waals surface area contributed by atoms with Crippen LogP contribution in [0.5, 0.6) is 5.75 Å². The van der Waals surface area contributed by atoms with Crippen molar-refractivity contribution >= 4 is 12.2 Å². The van der Waals surface area contributed by atoms with Gasteiger partial charge in [-0.3, -0.25) is 0 Å². The third-order valence-corrected chi connectivity index (χ3v) is 5.23. The molecule has 0 saturated carbocycles. The normalized spacial score (nSPS) is 14.7. The molecule has 154 valence electrons. The highest BCUT2D eigenvalue weighted by molar-refractivity contribution is 5.70. The fourth-order valence-corrected chi connectivity index (χ4v) is 3.32. The van der Waals surface area contributed by atoms with E-state index in [-0.39, 0.29) is 5.41 Å². The molecule has 2 aromatic rings. The highest BCUT2D eigenvalue weighted by Gasteiger charge is 2.15. The lowest BCUT2D eigenvalue weighted by atomic mass is 9.87. The Hall–Kier alpha value is -2.36. The molecule has 0 bridgehead atoms. The Morgan fingerprint density at radius 2 is 1.79 bits per heavy atom. The third kappa shape index (κ3) is 6.59. The molecule has 0 radical (unpaired) electrons. The third-order valence-electron chi connectivity index (χ3n) is 5.23. The first-order valence-corrected chi connectivity index (χ1v) is 10.5. The Balaban J connectivity index is 1.70. The summed E-state index contributed by atoms with van der Waals surface area (Å²) < 4.78 is 5.81. The molecule has 0 aromatic heterocycles. The fraction of sp³-hybridized carbons (Fsp3) is 0.385. The molecule has 1 aliphatic rings. The van der Waals surface area contributed by atoms with E-state index in [1.807, 2.05) is 0 Å². The average Bonchev–Trinajstić information content (AvgIpc) is 2.66. The zero-order chi connectivity index (χ0) is 20.7. The molecule has 0 aliphatic carbocycles. The largest absolute Gasteiger partial charge is 0.490 e. The molecule has 3 nitrogen and oxygen atoms in total.